The Hall–Kier alpha value is -1.16. The van der Waals surface area contributed by atoms with E-state index in [0.29, 0.717) is 13.0 Å². The van der Waals surface area contributed by atoms with Gasteiger partial charge in [0.2, 0.25) is 0 Å². The quantitative estimate of drug-likeness (QED) is 0.709. The lowest BCUT2D eigenvalue weighted by atomic mass is 10.3. The molecule has 13 heavy (non-hydrogen) atoms. The van der Waals surface area contributed by atoms with Gasteiger partial charge in [0.15, 0.2) is 0 Å². The van der Waals surface area contributed by atoms with Gasteiger partial charge in [0.05, 0.1) is 12.3 Å². The molecule has 0 aliphatic rings. The lowest BCUT2D eigenvalue weighted by molar-refractivity contribution is -0.115. The maximum absolute atomic E-state index is 11.1. The fourth-order valence-corrected chi connectivity index (χ4v) is 1.49. The summed E-state index contributed by atoms with van der Waals surface area (Å²) in [5.41, 5.74) is 0.136. The predicted molar refractivity (Wildman–Crippen MR) is 54.2 cm³/mol. The number of thiophene rings is 1. The third-order valence-corrected chi connectivity index (χ3v) is 2.51. The summed E-state index contributed by atoms with van der Waals surface area (Å²) in [4.78, 5) is 12.2. The molecule has 0 saturated heterocycles. The van der Waals surface area contributed by atoms with Crippen LogP contribution >= 0.6 is 11.3 Å². The first-order valence-electron chi connectivity index (χ1n) is 4.12. The van der Waals surface area contributed by atoms with Gasteiger partial charge in [0.25, 0.3) is 5.91 Å². The van der Waals surface area contributed by atoms with Gasteiger partial charge in [-0.2, -0.15) is 0 Å². The highest BCUT2D eigenvalue weighted by Crippen LogP contribution is 2.07. The molecule has 0 atom stereocenters. The lowest BCUT2D eigenvalue weighted by Crippen LogP contribution is -2.29. The Balaban J connectivity index is 2.35. The summed E-state index contributed by atoms with van der Waals surface area (Å²) in [6.45, 7) is 2.33. The molecule has 3 nitrogen and oxygen atoms in total. The number of hydrogen-bond acceptors (Lipinski definition) is 3. The standard InChI is InChI=1S/C9H12N2OS/c1-2-8(10)9(12)11-6-7-4-3-5-13-7/h3-5,10H,2,6H2,1H3,(H,11,12). The minimum atomic E-state index is -0.268. The van der Waals surface area contributed by atoms with Crippen molar-refractivity contribution in [1.29, 1.82) is 5.41 Å². The van der Waals surface area contributed by atoms with Crippen LogP contribution in [0.4, 0.5) is 0 Å². The van der Waals surface area contributed by atoms with E-state index in [1.807, 2.05) is 17.5 Å². The van der Waals surface area contributed by atoms with E-state index in [-0.39, 0.29) is 11.6 Å². The van der Waals surface area contributed by atoms with Crippen LogP contribution in [-0.4, -0.2) is 11.6 Å². The zero-order chi connectivity index (χ0) is 9.68. The van der Waals surface area contributed by atoms with Crippen molar-refractivity contribution in [3.05, 3.63) is 22.4 Å². The molecule has 1 amide bonds. The van der Waals surface area contributed by atoms with Crippen LogP contribution in [0.25, 0.3) is 0 Å². The van der Waals surface area contributed by atoms with E-state index < -0.39 is 0 Å². The van der Waals surface area contributed by atoms with Crippen molar-refractivity contribution in [2.24, 2.45) is 0 Å². The second kappa shape index (κ2) is 4.77. The predicted octanol–water partition coefficient (Wildman–Crippen LogP) is 1.79. The van der Waals surface area contributed by atoms with Crippen molar-refractivity contribution in [3.8, 4) is 0 Å². The van der Waals surface area contributed by atoms with Crippen LogP contribution in [0.2, 0.25) is 0 Å². The maximum Gasteiger partial charge on any atom is 0.265 e. The molecule has 0 fully saturated rings. The molecule has 0 aliphatic carbocycles. The van der Waals surface area contributed by atoms with Gasteiger partial charge in [-0.1, -0.05) is 13.0 Å². The number of hydrogen-bond donors (Lipinski definition) is 2. The van der Waals surface area contributed by atoms with Gasteiger partial charge in [-0.25, -0.2) is 0 Å². The Morgan fingerprint density at radius 3 is 3.00 bits per heavy atom. The molecule has 0 aromatic carbocycles. The van der Waals surface area contributed by atoms with Gasteiger partial charge in [-0.15, -0.1) is 11.3 Å². The van der Waals surface area contributed by atoms with Crippen molar-refractivity contribution >= 4 is 23.0 Å². The third kappa shape index (κ3) is 2.99. The summed E-state index contributed by atoms with van der Waals surface area (Å²) in [5, 5.41) is 11.9. The van der Waals surface area contributed by atoms with Crippen molar-refractivity contribution < 1.29 is 4.79 Å². The van der Waals surface area contributed by atoms with Crippen LogP contribution in [-0.2, 0) is 11.3 Å². The Labute approximate surface area is 81.3 Å². The Morgan fingerprint density at radius 2 is 2.46 bits per heavy atom. The van der Waals surface area contributed by atoms with Crippen molar-refractivity contribution in [2.75, 3.05) is 0 Å². The molecule has 0 bridgehead atoms. The second-order valence-electron chi connectivity index (χ2n) is 2.59. The van der Waals surface area contributed by atoms with E-state index in [1.165, 1.54) is 0 Å². The van der Waals surface area contributed by atoms with Crippen molar-refractivity contribution in [2.45, 2.75) is 19.9 Å². The fraction of sp³-hybridized carbons (Fsp3) is 0.333. The van der Waals surface area contributed by atoms with Crippen LogP contribution in [0.1, 0.15) is 18.2 Å². The molecule has 4 heteroatoms. The summed E-state index contributed by atoms with van der Waals surface area (Å²) >= 11 is 1.60. The fourth-order valence-electron chi connectivity index (χ4n) is 0.848. The number of carbonyl (C=O) groups is 1. The Kier molecular flexibility index (Phi) is 3.64. The van der Waals surface area contributed by atoms with E-state index in [2.05, 4.69) is 5.32 Å². The van der Waals surface area contributed by atoms with Crippen LogP contribution < -0.4 is 5.32 Å². The first-order chi connectivity index (χ1) is 6.24. The molecule has 0 unspecified atom stereocenters. The Bertz CT molecular complexity index is 293. The topological polar surface area (TPSA) is 53.0 Å². The zero-order valence-electron chi connectivity index (χ0n) is 7.46. The number of amides is 1. The average molecular weight is 196 g/mol. The molecule has 1 heterocycles. The first kappa shape index (κ1) is 9.92. The van der Waals surface area contributed by atoms with Gasteiger partial charge in [-0.05, 0) is 17.9 Å². The second-order valence-corrected chi connectivity index (χ2v) is 3.63. The molecular formula is C9H12N2OS. The molecule has 0 radical (unpaired) electrons. The first-order valence-corrected chi connectivity index (χ1v) is 5.00. The van der Waals surface area contributed by atoms with Gasteiger partial charge < -0.3 is 5.32 Å². The largest absolute Gasteiger partial charge is 0.346 e. The normalized spacial score (nSPS) is 9.62. The SMILES string of the molecule is CCC(=N)C(=O)NCc1cccs1. The minimum Gasteiger partial charge on any atom is -0.346 e. The molecule has 2 N–H and O–H groups in total. The molecule has 1 rings (SSSR count). The highest BCUT2D eigenvalue weighted by Gasteiger charge is 2.05. The van der Waals surface area contributed by atoms with E-state index in [4.69, 9.17) is 5.41 Å². The summed E-state index contributed by atoms with van der Waals surface area (Å²) in [5.74, 6) is -0.268. The summed E-state index contributed by atoms with van der Waals surface area (Å²) in [7, 11) is 0. The van der Waals surface area contributed by atoms with Gasteiger partial charge in [0, 0.05) is 4.88 Å². The number of carbonyl (C=O) groups excluding carboxylic acids is 1. The van der Waals surface area contributed by atoms with E-state index in [1.54, 1.807) is 18.3 Å². The molecule has 70 valence electrons. The third-order valence-electron chi connectivity index (χ3n) is 1.63. The van der Waals surface area contributed by atoms with E-state index in [0.717, 1.165) is 4.88 Å². The van der Waals surface area contributed by atoms with Crippen molar-refractivity contribution in [1.82, 2.24) is 5.32 Å². The molecule has 0 spiro atoms. The van der Waals surface area contributed by atoms with Crippen LogP contribution in [0.15, 0.2) is 17.5 Å². The van der Waals surface area contributed by atoms with Gasteiger partial charge >= 0.3 is 0 Å². The van der Waals surface area contributed by atoms with Crippen molar-refractivity contribution in [3.63, 3.8) is 0 Å². The highest BCUT2D eigenvalue weighted by atomic mass is 32.1. The summed E-state index contributed by atoms with van der Waals surface area (Å²) < 4.78 is 0. The number of nitrogens with one attached hydrogen (secondary N) is 2. The molecule has 1 aromatic rings. The Morgan fingerprint density at radius 1 is 1.69 bits per heavy atom. The average Bonchev–Trinajstić information content (AvgIpc) is 2.65. The van der Waals surface area contributed by atoms with Crippen LogP contribution in [0, 0.1) is 5.41 Å². The molecular weight excluding hydrogens is 184 g/mol. The van der Waals surface area contributed by atoms with Gasteiger partial charge in [0.1, 0.15) is 0 Å². The molecule has 0 saturated carbocycles. The lowest BCUT2D eigenvalue weighted by Gasteiger charge is -2.02. The highest BCUT2D eigenvalue weighted by molar-refractivity contribution is 7.09. The monoisotopic (exact) mass is 196 g/mol. The molecule has 0 aliphatic heterocycles. The van der Waals surface area contributed by atoms with Crippen LogP contribution in [0.5, 0.6) is 0 Å². The zero-order valence-corrected chi connectivity index (χ0v) is 8.28. The summed E-state index contributed by atoms with van der Waals surface area (Å²) in [6, 6.07) is 3.90. The van der Waals surface area contributed by atoms with E-state index in [9.17, 15) is 4.79 Å². The maximum atomic E-state index is 11.1. The van der Waals surface area contributed by atoms with E-state index >= 15 is 0 Å². The minimum absolute atomic E-state index is 0.136. The smallest absolute Gasteiger partial charge is 0.265 e. The van der Waals surface area contributed by atoms with Crippen LogP contribution in [0.3, 0.4) is 0 Å². The summed E-state index contributed by atoms with van der Waals surface area (Å²) in [6.07, 6.45) is 0.482. The number of rotatable bonds is 4. The van der Waals surface area contributed by atoms with Gasteiger partial charge in [-0.3, -0.25) is 10.2 Å². The molecule has 1 aromatic heterocycles.